The number of amides is 1. The number of rotatable bonds is 5. The van der Waals surface area contributed by atoms with Crippen LogP contribution in [-0.4, -0.2) is 36.9 Å². The number of hydrogen-bond acceptors (Lipinski definition) is 6. The fourth-order valence-corrected chi connectivity index (χ4v) is 3.28. The molecule has 3 aromatic heterocycles. The smallest absolute Gasteiger partial charge is 0.240 e. The summed E-state index contributed by atoms with van der Waals surface area (Å²) in [5.41, 5.74) is 8.47. The predicted molar refractivity (Wildman–Crippen MR) is 114 cm³/mol. The number of benzene rings is 1. The average molecular weight is 402 g/mol. The predicted octanol–water partition coefficient (Wildman–Crippen LogP) is 2.61. The average Bonchev–Trinajstić information content (AvgIpc) is 3.37. The highest BCUT2D eigenvalue weighted by Gasteiger charge is 2.28. The number of nitriles is 1. The molecule has 9 heteroatoms. The van der Waals surface area contributed by atoms with Crippen molar-refractivity contribution in [3.05, 3.63) is 36.7 Å². The molecular formula is C21H22N8O. The number of carbonyl (C=O) groups is 1. The molecule has 4 N–H and O–H groups in total. The highest BCUT2D eigenvalue weighted by molar-refractivity contribution is 6.08. The number of carbonyl (C=O) groups excluding carboxylic acids is 1. The Balaban J connectivity index is 1.65. The third kappa shape index (κ3) is 3.43. The van der Waals surface area contributed by atoms with Crippen LogP contribution in [0.4, 0.5) is 5.82 Å². The van der Waals surface area contributed by atoms with Gasteiger partial charge >= 0.3 is 0 Å². The Morgan fingerprint density at radius 1 is 1.37 bits per heavy atom. The summed E-state index contributed by atoms with van der Waals surface area (Å²) < 4.78 is 1.75. The summed E-state index contributed by atoms with van der Waals surface area (Å²) in [5, 5.41) is 25.2. The molecule has 0 aliphatic rings. The summed E-state index contributed by atoms with van der Waals surface area (Å²) >= 11 is 0. The molecule has 0 spiro atoms. The van der Waals surface area contributed by atoms with Crippen molar-refractivity contribution in [2.24, 2.45) is 5.41 Å². The zero-order chi connectivity index (χ0) is 21.5. The zero-order valence-corrected chi connectivity index (χ0v) is 17.0. The number of nitrogens with one attached hydrogen (secondary N) is 2. The van der Waals surface area contributed by atoms with E-state index in [9.17, 15) is 4.79 Å². The van der Waals surface area contributed by atoms with Crippen LogP contribution in [0.15, 0.2) is 36.7 Å². The molecule has 0 aliphatic heterocycles. The number of H-pyrrole nitrogens is 1. The SMILES string of the molecule is CC(Cn1cc2c(N)nc3cc(-c4ccn[nH]4)ccc3c2n1)NC(=O)C(C)(C)C#N. The quantitative estimate of drug-likeness (QED) is 0.469. The number of aromatic nitrogens is 5. The van der Waals surface area contributed by atoms with E-state index in [1.807, 2.05) is 43.5 Å². The Morgan fingerprint density at radius 2 is 2.17 bits per heavy atom. The van der Waals surface area contributed by atoms with Crippen molar-refractivity contribution in [2.45, 2.75) is 33.4 Å². The summed E-state index contributed by atoms with van der Waals surface area (Å²) in [6, 6.07) is 9.59. The molecule has 0 aliphatic carbocycles. The lowest BCUT2D eigenvalue weighted by atomic mass is 9.94. The van der Waals surface area contributed by atoms with Crippen LogP contribution in [0.2, 0.25) is 0 Å². The topological polar surface area (TPSA) is 138 Å². The van der Waals surface area contributed by atoms with Crippen LogP contribution in [0.1, 0.15) is 20.8 Å². The highest BCUT2D eigenvalue weighted by atomic mass is 16.2. The number of fused-ring (bicyclic) bond motifs is 3. The molecule has 152 valence electrons. The van der Waals surface area contributed by atoms with Gasteiger partial charge in [0.15, 0.2) is 0 Å². The second-order valence-electron chi connectivity index (χ2n) is 7.92. The van der Waals surface area contributed by atoms with Crippen molar-refractivity contribution < 1.29 is 4.79 Å². The maximum atomic E-state index is 12.2. The molecule has 1 aromatic carbocycles. The van der Waals surface area contributed by atoms with Crippen molar-refractivity contribution in [3.8, 4) is 17.3 Å². The molecule has 9 nitrogen and oxygen atoms in total. The highest BCUT2D eigenvalue weighted by Crippen LogP contribution is 2.29. The van der Waals surface area contributed by atoms with E-state index in [0.29, 0.717) is 12.4 Å². The van der Waals surface area contributed by atoms with Crippen molar-refractivity contribution in [3.63, 3.8) is 0 Å². The molecule has 0 radical (unpaired) electrons. The number of aromatic amines is 1. The lowest BCUT2D eigenvalue weighted by Gasteiger charge is -2.19. The molecule has 0 bridgehead atoms. The van der Waals surface area contributed by atoms with Crippen LogP contribution in [0.5, 0.6) is 0 Å². The molecule has 3 heterocycles. The van der Waals surface area contributed by atoms with E-state index in [-0.39, 0.29) is 11.9 Å². The van der Waals surface area contributed by atoms with E-state index >= 15 is 0 Å². The van der Waals surface area contributed by atoms with Gasteiger partial charge in [0.1, 0.15) is 16.7 Å². The van der Waals surface area contributed by atoms with Gasteiger partial charge in [0.05, 0.1) is 29.2 Å². The molecule has 0 fully saturated rings. The van der Waals surface area contributed by atoms with Crippen LogP contribution in [0.3, 0.4) is 0 Å². The normalized spacial score (nSPS) is 12.7. The van der Waals surface area contributed by atoms with E-state index in [1.54, 1.807) is 24.7 Å². The van der Waals surface area contributed by atoms with Crippen molar-refractivity contribution >= 4 is 33.5 Å². The van der Waals surface area contributed by atoms with Gasteiger partial charge in [0.2, 0.25) is 5.91 Å². The number of nitrogens with two attached hydrogens (primary N) is 1. The maximum absolute atomic E-state index is 12.2. The first-order valence-electron chi connectivity index (χ1n) is 9.57. The van der Waals surface area contributed by atoms with Crippen molar-refractivity contribution in [1.29, 1.82) is 5.26 Å². The van der Waals surface area contributed by atoms with Crippen LogP contribution in [-0.2, 0) is 11.3 Å². The standard InChI is InChI=1S/C21H22N8O/c1-12(25-20(30)21(2,3)11-22)9-29-10-15-18(28-29)14-5-4-13(16-6-7-24-27-16)8-17(14)26-19(15)23/h4-8,10,12H,9H2,1-3H3,(H2,23,26)(H,24,27)(H,25,30). The Hall–Kier alpha value is -3.93. The Morgan fingerprint density at radius 3 is 2.87 bits per heavy atom. The molecular weight excluding hydrogens is 380 g/mol. The van der Waals surface area contributed by atoms with E-state index in [1.165, 1.54) is 0 Å². The minimum atomic E-state index is -1.08. The summed E-state index contributed by atoms with van der Waals surface area (Å²) in [5.74, 6) is 0.0833. The summed E-state index contributed by atoms with van der Waals surface area (Å²) in [4.78, 5) is 16.8. The van der Waals surface area contributed by atoms with Gasteiger partial charge in [-0.05, 0) is 39.0 Å². The van der Waals surface area contributed by atoms with Gasteiger partial charge in [0, 0.05) is 29.4 Å². The number of pyridine rings is 1. The van der Waals surface area contributed by atoms with Gasteiger partial charge in [0.25, 0.3) is 0 Å². The van der Waals surface area contributed by atoms with E-state index in [4.69, 9.17) is 11.0 Å². The number of nitrogen functional groups attached to an aromatic ring is 1. The lowest BCUT2D eigenvalue weighted by molar-refractivity contribution is -0.127. The molecule has 1 atom stereocenters. The van der Waals surface area contributed by atoms with Gasteiger partial charge in [-0.3, -0.25) is 14.6 Å². The summed E-state index contributed by atoms with van der Waals surface area (Å²) in [7, 11) is 0. The Bertz CT molecular complexity index is 1280. The van der Waals surface area contributed by atoms with E-state index < -0.39 is 5.41 Å². The second-order valence-corrected chi connectivity index (χ2v) is 7.92. The molecule has 1 unspecified atom stereocenters. The largest absolute Gasteiger partial charge is 0.383 e. The molecule has 4 rings (SSSR count). The number of anilines is 1. The second kappa shape index (κ2) is 7.15. The third-order valence-electron chi connectivity index (χ3n) is 5.03. The fourth-order valence-electron chi connectivity index (χ4n) is 3.28. The first-order chi connectivity index (χ1) is 14.3. The number of nitrogens with zero attached hydrogens (tertiary/aromatic N) is 5. The minimum Gasteiger partial charge on any atom is -0.383 e. The molecule has 0 saturated heterocycles. The van der Waals surface area contributed by atoms with Gasteiger partial charge in [-0.2, -0.15) is 15.5 Å². The minimum absolute atomic E-state index is 0.216. The van der Waals surface area contributed by atoms with Crippen molar-refractivity contribution in [2.75, 3.05) is 5.73 Å². The van der Waals surface area contributed by atoms with E-state index in [0.717, 1.165) is 33.1 Å². The molecule has 1 amide bonds. The van der Waals surface area contributed by atoms with E-state index in [2.05, 4.69) is 25.6 Å². The molecule has 30 heavy (non-hydrogen) atoms. The first kappa shape index (κ1) is 19.4. The van der Waals surface area contributed by atoms with Crippen LogP contribution in [0.25, 0.3) is 33.1 Å². The lowest BCUT2D eigenvalue weighted by Crippen LogP contribution is -2.42. The maximum Gasteiger partial charge on any atom is 0.240 e. The van der Waals surface area contributed by atoms with Crippen LogP contribution >= 0.6 is 0 Å². The fraction of sp³-hybridized carbons (Fsp3) is 0.286. The molecule has 4 aromatic rings. The van der Waals surface area contributed by atoms with Crippen LogP contribution in [0, 0.1) is 16.7 Å². The number of hydrogen-bond donors (Lipinski definition) is 3. The summed E-state index contributed by atoms with van der Waals surface area (Å²) in [6.45, 7) is 5.49. The van der Waals surface area contributed by atoms with Gasteiger partial charge in [-0.1, -0.05) is 6.07 Å². The monoisotopic (exact) mass is 402 g/mol. The summed E-state index contributed by atoms with van der Waals surface area (Å²) in [6.07, 6.45) is 3.53. The zero-order valence-electron chi connectivity index (χ0n) is 17.0. The van der Waals surface area contributed by atoms with Crippen LogP contribution < -0.4 is 11.1 Å². The molecule has 0 saturated carbocycles. The van der Waals surface area contributed by atoms with Gasteiger partial charge in [-0.15, -0.1) is 0 Å². The Kier molecular flexibility index (Phi) is 4.62. The van der Waals surface area contributed by atoms with Gasteiger partial charge < -0.3 is 11.1 Å². The van der Waals surface area contributed by atoms with Crippen molar-refractivity contribution in [1.82, 2.24) is 30.3 Å². The Labute approximate surface area is 172 Å². The third-order valence-corrected chi connectivity index (χ3v) is 5.03. The van der Waals surface area contributed by atoms with Gasteiger partial charge in [-0.25, -0.2) is 4.98 Å². The first-order valence-corrected chi connectivity index (χ1v) is 9.57.